The van der Waals surface area contributed by atoms with Gasteiger partial charge in [-0.1, -0.05) is 0 Å². The van der Waals surface area contributed by atoms with Gasteiger partial charge in [-0.2, -0.15) is 0 Å². The van der Waals surface area contributed by atoms with Crippen LogP contribution in [0.4, 0.5) is 11.4 Å². The molecule has 0 spiro atoms. The van der Waals surface area contributed by atoms with E-state index in [1.165, 1.54) is 6.07 Å². The van der Waals surface area contributed by atoms with E-state index in [1.807, 2.05) is 0 Å². The number of nitrogens with zero attached hydrogens (tertiary/aromatic N) is 1. The minimum absolute atomic E-state index is 0.0871. The third-order valence-electron chi connectivity index (χ3n) is 2.64. The Morgan fingerprint density at radius 2 is 2.18 bits per heavy atom. The Kier molecular flexibility index (Phi) is 2.95. The van der Waals surface area contributed by atoms with Crippen LogP contribution in [0.2, 0.25) is 0 Å². The summed E-state index contributed by atoms with van der Waals surface area (Å²) in [6, 6.07) is 4.66. The Hall–Kier alpha value is -2.11. The van der Waals surface area contributed by atoms with Gasteiger partial charge in [0.2, 0.25) is 0 Å². The van der Waals surface area contributed by atoms with Gasteiger partial charge in [0.05, 0.1) is 4.92 Å². The van der Waals surface area contributed by atoms with Crippen molar-refractivity contribution in [3.05, 3.63) is 33.9 Å². The molecule has 90 valence electrons. The van der Waals surface area contributed by atoms with E-state index in [2.05, 4.69) is 10.6 Å². The van der Waals surface area contributed by atoms with Crippen molar-refractivity contribution in [1.29, 1.82) is 0 Å². The Bertz CT molecular complexity index is 469. The highest BCUT2D eigenvalue weighted by Crippen LogP contribution is 2.26. The molecule has 6 heteroatoms. The zero-order chi connectivity index (χ0) is 12.4. The molecule has 1 saturated carbocycles. The summed E-state index contributed by atoms with van der Waals surface area (Å²) >= 11 is 0. The lowest BCUT2D eigenvalue weighted by Crippen LogP contribution is -2.25. The molecule has 0 bridgehead atoms. The van der Waals surface area contributed by atoms with Crippen molar-refractivity contribution in [3.8, 4) is 0 Å². The van der Waals surface area contributed by atoms with E-state index >= 15 is 0 Å². The summed E-state index contributed by atoms with van der Waals surface area (Å²) in [6.07, 6.45) is 1.98. The van der Waals surface area contributed by atoms with Crippen LogP contribution >= 0.6 is 0 Å². The second-order valence-electron chi connectivity index (χ2n) is 3.99. The summed E-state index contributed by atoms with van der Waals surface area (Å²) < 4.78 is 0. The van der Waals surface area contributed by atoms with Crippen molar-refractivity contribution in [1.82, 2.24) is 5.32 Å². The first-order valence-electron chi connectivity index (χ1n) is 5.39. The molecule has 0 unspecified atom stereocenters. The average molecular weight is 235 g/mol. The van der Waals surface area contributed by atoms with Gasteiger partial charge in [-0.05, 0) is 25.0 Å². The van der Waals surface area contributed by atoms with Crippen molar-refractivity contribution >= 4 is 17.3 Å². The molecule has 1 aromatic rings. The van der Waals surface area contributed by atoms with Crippen LogP contribution in [0.1, 0.15) is 23.2 Å². The van der Waals surface area contributed by atoms with Crippen LogP contribution in [-0.2, 0) is 0 Å². The van der Waals surface area contributed by atoms with Crippen molar-refractivity contribution in [2.75, 3.05) is 12.4 Å². The Labute approximate surface area is 98.2 Å². The number of nitro groups is 1. The number of nitro benzene ring substituents is 1. The molecular weight excluding hydrogens is 222 g/mol. The first kappa shape index (κ1) is 11.4. The van der Waals surface area contributed by atoms with Gasteiger partial charge < -0.3 is 10.6 Å². The highest BCUT2D eigenvalue weighted by molar-refractivity contribution is 5.96. The first-order valence-corrected chi connectivity index (χ1v) is 5.39. The van der Waals surface area contributed by atoms with E-state index in [9.17, 15) is 14.9 Å². The zero-order valence-corrected chi connectivity index (χ0v) is 9.40. The number of hydrogen-bond donors (Lipinski definition) is 2. The molecule has 1 aromatic carbocycles. The van der Waals surface area contributed by atoms with Gasteiger partial charge >= 0.3 is 0 Å². The second kappa shape index (κ2) is 4.40. The number of rotatable bonds is 4. The van der Waals surface area contributed by atoms with E-state index < -0.39 is 4.92 Å². The van der Waals surface area contributed by atoms with Crippen LogP contribution in [0.3, 0.4) is 0 Å². The van der Waals surface area contributed by atoms with Gasteiger partial charge in [0.25, 0.3) is 11.6 Å². The van der Waals surface area contributed by atoms with Crippen molar-refractivity contribution in [3.63, 3.8) is 0 Å². The lowest BCUT2D eigenvalue weighted by atomic mass is 10.1. The minimum Gasteiger partial charge on any atom is -0.383 e. The SMILES string of the molecule is CNc1ccc(C(=O)NC2CC2)cc1[N+](=O)[O-]. The van der Waals surface area contributed by atoms with Crippen LogP contribution < -0.4 is 10.6 Å². The summed E-state index contributed by atoms with van der Waals surface area (Å²) in [5.41, 5.74) is 0.636. The van der Waals surface area contributed by atoms with Crippen molar-refractivity contribution in [2.45, 2.75) is 18.9 Å². The van der Waals surface area contributed by atoms with Gasteiger partial charge in [-0.3, -0.25) is 14.9 Å². The summed E-state index contributed by atoms with van der Waals surface area (Å²) in [5.74, 6) is -0.252. The molecule has 17 heavy (non-hydrogen) atoms. The molecule has 2 rings (SSSR count). The molecule has 1 fully saturated rings. The second-order valence-corrected chi connectivity index (χ2v) is 3.99. The van der Waals surface area contributed by atoms with E-state index in [4.69, 9.17) is 0 Å². The molecule has 0 atom stereocenters. The Morgan fingerprint density at radius 3 is 2.71 bits per heavy atom. The van der Waals surface area contributed by atoms with Gasteiger partial charge in [0.15, 0.2) is 0 Å². The number of carbonyl (C=O) groups is 1. The largest absolute Gasteiger partial charge is 0.383 e. The smallest absolute Gasteiger partial charge is 0.293 e. The molecular formula is C11H13N3O3. The molecule has 0 aromatic heterocycles. The number of hydrogen-bond acceptors (Lipinski definition) is 4. The predicted molar refractivity (Wildman–Crippen MR) is 63.1 cm³/mol. The molecule has 6 nitrogen and oxygen atoms in total. The number of nitrogens with one attached hydrogen (secondary N) is 2. The lowest BCUT2D eigenvalue weighted by Gasteiger charge is -2.06. The maximum Gasteiger partial charge on any atom is 0.293 e. The summed E-state index contributed by atoms with van der Waals surface area (Å²) in [6.45, 7) is 0. The highest BCUT2D eigenvalue weighted by atomic mass is 16.6. The third-order valence-corrected chi connectivity index (χ3v) is 2.64. The monoisotopic (exact) mass is 235 g/mol. The standard InChI is InChI=1S/C11H13N3O3/c1-12-9-5-2-7(6-10(9)14(16)17)11(15)13-8-3-4-8/h2,5-6,8,12H,3-4H2,1H3,(H,13,15). The van der Waals surface area contributed by atoms with E-state index in [0.717, 1.165) is 12.8 Å². The number of anilines is 1. The average Bonchev–Trinajstić information content (AvgIpc) is 3.11. The molecule has 0 radical (unpaired) electrons. The molecule has 1 amide bonds. The zero-order valence-electron chi connectivity index (χ0n) is 9.40. The molecule has 1 aliphatic carbocycles. The molecule has 1 aliphatic rings. The van der Waals surface area contributed by atoms with E-state index in [0.29, 0.717) is 11.3 Å². The van der Waals surface area contributed by atoms with Crippen LogP contribution in [0, 0.1) is 10.1 Å². The number of benzene rings is 1. The summed E-state index contributed by atoms with van der Waals surface area (Å²) in [4.78, 5) is 22.0. The van der Waals surface area contributed by atoms with Gasteiger partial charge in [-0.25, -0.2) is 0 Å². The van der Waals surface area contributed by atoms with E-state index in [-0.39, 0.29) is 17.6 Å². The molecule has 0 heterocycles. The fraction of sp³-hybridized carbons (Fsp3) is 0.364. The Morgan fingerprint density at radius 1 is 1.47 bits per heavy atom. The quantitative estimate of drug-likeness (QED) is 0.612. The minimum atomic E-state index is -0.500. The van der Waals surface area contributed by atoms with Gasteiger partial charge in [-0.15, -0.1) is 0 Å². The van der Waals surface area contributed by atoms with Crippen molar-refractivity contribution in [2.24, 2.45) is 0 Å². The maximum atomic E-state index is 11.7. The number of carbonyl (C=O) groups excluding carboxylic acids is 1. The number of amides is 1. The summed E-state index contributed by atoms with van der Waals surface area (Å²) in [7, 11) is 1.60. The fourth-order valence-electron chi connectivity index (χ4n) is 1.53. The summed E-state index contributed by atoms with van der Waals surface area (Å²) in [5, 5.41) is 16.3. The first-order chi connectivity index (χ1) is 8.11. The molecule has 0 aliphatic heterocycles. The van der Waals surface area contributed by atoms with Crippen LogP contribution in [-0.4, -0.2) is 23.9 Å². The van der Waals surface area contributed by atoms with E-state index in [1.54, 1.807) is 19.2 Å². The van der Waals surface area contributed by atoms with Crippen LogP contribution in [0.15, 0.2) is 18.2 Å². The molecule has 0 saturated heterocycles. The maximum absolute atomic E-state index is 11.7. The van der Waals surface area contributed by atoms with Crippen LogP contribution in [0.5, 0.6) is 0 Å². The fourth-order valence-corrected chi connectivity index (χ4v) is 1.53. The predicted octanol–water partition coefficient (Wildman–Crippen LogP) is 1.53. The van der Waals surface area contributed by atoms with Crippen LogP contribution in [0.25, 0.3) is 0 Å². The van der Waals surface area contributed by atoms with Gasteiger partial charge in [0, 0.05) is 24.7 Å². The normalized spacial score (nSPS) is 14.2. The Balaban J connectivity index is 2.25. The van der Waals surface area contributed by atoms with Gasteiger partial charge in [0.1, 0.15) is 5.69 Å². The third kappa shape index (κ3) is 2.52. The topological polar surface area (TPSA) is 84.3 Å². The van der Waals surface area contributed by atoms with Crippen molar-refractivity contribution < 1.29 is 9.72 Å². The lowest BCUT2D eigenvalue weighted by molar-refractivity contribution is -0.384. The highest BCUT2D eigenvalue weighted by Gasteiger charge is 2.25. The molecule has 2 N–H and O–H groups in total.